The number of alkyl halides is 3. The van der Waals surface area contributed by atoms with Gasteiger partial charge in [-0.15, -0.1) is 0 Å². The first-order valence-electron chi connectivity index (χ1n) is 7.83. The summed E-state index contributed by atoms with van der Waals surface area (Å²) in [4.78, 5) is 13.2. The lowest BCUT2D eigenvalue weighted by Crippen LogP contribution is -2.45. The molecule has 0 aromatic heterocycles. The molecule has 2 aliphatic rings. The van der Waals surface area contributed by atoms with Gasteiger partial charge >= 0.3 is 12.2 Å². The Balaban J connectivity index is 1.61. The molecule has 0 aromatic carbocycles. The van der Waals surface area contributed by atoms with Crippen molar-refractivity contribution in [2.75, 3.05) is 26.2 Å². The minimum Gasteiger partial charge on any atom is -0.393 e. The maximum Gasteiger partial charge on any atom is 0.401 e. The minimum atomic E-state index is -4.16. The van der Waals surface area contributed by atoms with Crippen LogP contribution in [0.15, 0.2) is 0 Å². The molecule has 0 spiro atoms. The zero-order chi connectivity index (χ0) is 16.2. The topological polar surface area (TPSA) is 64.6 Å². The second-order valence-corrected chi connectivity index (χ2v) is 6.36. The summed E-state index contributed by atoms with van der Waals surface area (Å²) in [6, 6.07) is -0.190. The number of aliphatic hydroxyl groups excluding tert-OH is 1. The Hall–Kier alpha value is -1.02. The molecule has 8 heteroatoms. The number of urea groups is 1. The van der Waals surface area contributed by atoms with Crippen LogP contribution >= 0.6 is 0 Å². The second-order valence-electron chi connectivity index (χ2n) is 6.36. The lowest BCUT2D eigenvalue weighted by atomic mass is 9.93. The smallest absolute Gasteiger partial charge is 0.393 e. The van der Waals surface area contributed by atoms with E-state index >= 15 is 0 Å². The molecule has 22 heavy (non-hydrogen) atoms. The number of aliphatic hydroxyl groups is 1. The lowest BCUT2D eigenvalue weighted by molar-refractivity contribution is -0.143. The van der Waals surface area contributed by atoms with Crippen LogP contribution in [0.5, 0.6) is 0 Å². The van der Waals surface area contributed by atoms with Crippen LogP contribution in [0, 0.1) is 5.92 Å². The summed E-state index contributed by atoms with van der Waals surface area (Å²) in [6.45, 7) is 0.318. The molecule has 2 rings (SSSR count). The highest BCUT2D eigenvalue weighted by Crippen LogP contribution is 2.22. The average Bonchev–Trinajstić information content (AvgIpc) is 2.84. The van der Waals surface area contributed by atoms with Crippen LogP contribution in [0.3, 0.4) is 0 Å². The number of likely N-dealkylation sites (tertiary alicyclic amines) is 1. The molecule has 2 fully saturated rings. The molecule has 1 aliphatic carbocycles. The van der Waals surface area contributed by atoms with Gasteiger partial charge in [-0.2, -0.15) is 13.2 Å². The number of amides is 2. The Morgan fingerprint density at radius 2 is 1.86 bits per heavy atom. The highest BCUT2D eigenvalue weighted by Gasteiger charge is 2.34. The van der Waals surface area contributed by atoms with Gasteiger partial charge in [-0.3, -0.25) is 4.90 Å². The zero-order valence-corrected chi connectivity index (χ0v) is 12.5. The van der Waals surface area contributed by atoms with E-state index in [9.17, 15) is 23.1 Å². The highest BCUT2D eigenvalue weighted by atomic mass is 19.4. The molecule has 0 bridgehead atoms. The van der Waals surface area contributed by atoms with Crippen LogP contribution in [0.2, 0.25) is 0 Å². The number of carbonyl (C=O) groups is 1. The number of hydrogen-bond acceptors (Lipinski definition) is 3. The summed E-state index contributed by atoms with van der Waals surface area (Å²) >= 11 is 0. The summed E-state index contributed by atoms with van der Waals surface area (Å²) in [5, 5.41) is 15.0. The third kappa shape index (κ3) is 6.00. The molecule has 1 saturated carbocycles. The van der Waals surface area contributed by atoms with Crippen LogP contribution in [-0.4, -0.2) is 60.5 Å². The molecule has 1 atom stereocenters. The zero-order valence-electron chi connectivity index (χ0n) is 12.5. The van der Waals surface area contributed by atoms with Crippen molar-refractivity contribution >= 4 is 6.03 Å². The van der Waals surface area contributed by atoms with E-state index in [0.717, 1.165) is 12.8 Å². The van der Waals surface area contributed by atoms with E-state index in [1.807, 2.05) is 0 Å². The van der Waals surface area contributed by atoms with Crippen molar-refractivity contribution in [1.29, 1.82) is 0 Å². The number of nitrogens with one attached hydrogen (secondary N) is 2. The molecule has 3 N–H and O–H groups in total. The standard InChI is InChI=1S/C14H24F3N3O2/c15-14(16,17)9-20-6-5-10(8-20)7-18-13(22)19-11-1-3-12(21)4-2-11/h10-12,21H,1-9H2,(H2,18,19,22). The largest absolute Gasteiger partial charge is 0.401 e. The molecule has 1 heterocycles. The van der Waals surface area contributed by atoms with E-state index in [4.69, 9.17) is 0 Å². The molecule has 1 unspecified atom stereocenters. The molecule has 0 aromatic rings. The maximum absolute atomic E-state index is 12.3. The number of nitrogens with zero attached hydrogens (tertiary/aromatic N) is 1. The van der Waals surface area contributed by atoms with Crippen molar-refractivity contribution in [3.63, 3.8) is 0 Å². The highest BCUT2D eigenvalue weighted by molar-refractivity contribution is 5.74. The van der Waals surface area contributed by atoms with Gasteiger partial charge in [0.1, 0.15) is 0 Å². The van der Waals surface area contributed by atoms with Crippen molar-refractivity contribution in [2.24, 2.45) is 5.92 Å². The van der Waals surface area contributed by atoms with Gasteiger partial charge in [-0.1, -0.05) is 0 Å². The SMILES string of the molecule is O=C(NCC1CCN(CC(F)(F)F)C1)NC1CCC(O)CC1. The van der Waals surface area contributed by atoms with Gasteiger partial charge in [0.15, 0.2) is 0 Å². The third-order valence-corrected chi connectivity index (χ3v) is 4.36. The average molecular weight is 323 g/mol. The first kappa shape index (κ1) is 17.3. The quantitative estimate of drug-likeness (QED) is 0.734. The van der Waals surface area contributed by atoms with Gasteiger partial charge in [-0.05, 0) is 44.6 Å². The van der Waals surface area contributed by atoms with Gasteiger partial charge in [0, 0.05) is 19.1 Å². The summed E-state index contributed by atoms with van der Waals surface area (Å²) in [5.41, 5.74) is 0. The molecular weight excluding hydrogens is 299 g/mol. The molecule has 5 nitrogen and oxygen atoms in total. The Morgan fingerprint density at radius 3 is 2.50 bits per heavy atom. The fraction of sp³-hybridized carbons (Fsp3) is 0.929. The van der Waals surface area contributed by atoms with Crippen molar-refractivity contribution in [1.82, 2.24) is 15.5 Å². The molecule has 1 aliphatic heterocycles. The Labute approximate surface area is 128 Å². The second kappa shape index (κ2) is 7.50. The molecule has 128 valence electrons. The van der Waals surface area contributed by atoms with Crippen molar-refractivity contribution < 1.29 is 23.1 Å². The van der Waals surface area contributed by atoms with E-state index in [1.54, 1.807) is 0 Å². The van der Waals surface area contributed by atoms with Crippen LogP contribution in [0.4, 0.5) is 18.0 Å². The van der Waals surface area contributed by atoms with E-state index in [1.165, 1.54) is 4.90 Å². The Kier molecular flexibility index (Phi) is 5.91. The monoisotopic (exact) mass is 323 g/mol. The van der Waals surface area contributed by atoms with Crippen LogP contribution in [-0.2, 0) is 0 Å². The fourth-order valence-electron chi connectivity index (χ4n) is 3.17. The number of hydrogen-bond donors (Lipinski definition) is 3. The normalized spacial score (nSPS) is 30.3. The van der Waals surface area contributed by atoms with Crippen molar-refractivity contribution in [3.8, 4) is 0 Å². The Morgan fingerprint density at radius 1 is 1.18 bits per heavy atom. The summed E-state index contributed by atoms with van der Waals surface area (Å²) in [5.74, 6) is 0.0706. The predicted molar refractivity (Wildman–Crippen MR) is 75.4 cm³/mol. The van der Waals surface area contributed by atoms with Gasteiger partial charge < -0.3 is 15.7 Å². The van der Waals surface area contributed by atoms with E-state index in [-0.39, 0.29) is 24.1 Å². The van der Waals surface area contributed by atoms with E-state index < -0.39 is 12.7 Å². The van der Waals surface area contributed by atoms with E-state index in [2.05, 4.69) is 10.6 Å². The fourth-order valence-corrected chi connectivity index (χ4v) is 3.17. The summed E-state index contributed by atoms with van der Waals surface area (Å²) < 4.78 is 36.9. The first-order valence-corrected chi connectivity index (χ1v) is 7.83. The van der Waals surface area contributed by atoms with Crippen molar-refractivity contribution in [2.45, 2.75) is 50.4 Å². The van der Waals surface area contributed by atoms with Crippen LogP contribution in [0.1, 0.15) is 32.1 Å². The minimum absolute atomic E-state index is 0.0706. The van der Waals surface area contributed by atoms with Gasteiger partial charge in [-0.25, -0.2) is 4.79 Å². The van der Waals surface area contributed by atoms with Crippen molar-refractivity contribution in [3.05, 3.63) is 0 Å². The number of carbonyl (C=O) groups excluding carboxylic acids is 1. The predicted octanol–water partition coefficient (Wildman–Crippen LogP) is 1.47. The number of rotatable bonds is 4. The van der Waals surface area contributed by atoms with Crippen LogP contribution in [0.25, 0.3) is 0 Å². The maximum atomic E-state index is 12.3. The van der Waals surface area contributed by atoms with Gasteiger partial charge in [0.2, 0.25) is 0 Å². The molecular formula is C14H24F3N3O2. The Bertz CT molecular complexity index is 371. The summed E-state index contributed by atoms with van der Waals surface area (Å²) in [6.07, 6.45) is -0.842. The number of halogens is 3. The molecule has 0 radical (unpaired) electrons. The first-order chi connectivity index (χ1) is 10.3. The van der Waals surface area contributed by atoms with E-state index in [0.29, 0.717) is 38.9 Å². The molecule has 2 amide bonds. The summed E-state index contributed by atoms with van der Waals surface area (Å²) in [7, 11) is 0. The molecule has 1 saturated heterocycles. The van der Waals surface area contributed by atoms with Gasteiger partial charge in [0.25, 0.3) is 0 Å². The van der Waals surface area contributed by atoms with Gasteiger partial charge in [0.05, 0.1) is 12.6 Å². The third-order valence-electron chi connectivity index (χ3n) is 4.36. The lowest BCUT2D eigenvalue weighted by Gasteiger charge is -2.26. The van der Waals surface area contributed by atoms with Crippen LogP contribution < -0.4 is 10.6 Å².